The van der Waals surface area contributed by atoms with E-state index in [9.17, 15) is 0 Å². The smallest absolute Gasteiger partial charge is 0.0541 e. The molecule has 10 rings (SSSR count). The van der Waals surface area contributed by atoms with Crippen molar-refractivity contribution in [1.29, 1.82) is 0 Å². The molecule has 8 aromatic rings. The average molecular weight is 603 g/mol. The molecule has 1 atom stereocenters. The van der Waals surface area contributed by atoms with Crippen molar-refractivity contribution in [2.45, 2.75) is 31.6 Å². The Labute approximate surface area is 274 Å². The summed E-state index contributed by atoms with van der Waals surface area (Å²) in [5, 5.41) is 5.09. The van der Waals surface area contributed by atoms with Crippen molar-refractivity contribution in [3.8, 4) is 16.8 Å². The molecule has 2 aliphatic carbocycles. The van der Waals surface area contributed by atoms with Crippen LogP contribution in [0.4, 0.5) is 0 Å². The second kappa shape index (κ2) is 9.70. The summed E-state index contributed by atoms with van der Waals surface area (Å²) in [6, 6.07) is 49.2. The summed E-state index contributed by atoms with van der Waals surface area (Å²) >= 11 is 0. The predicted octanol–water partition coefficient (Wildman–Crippen LogP) is 11.9. The molecule has 47 heavy (non-hydrogen) atoms. The first-order valence-corrected chi connectivity index (χ1v) is 16.7. The van der Waals surface area contributed by atoms with Gasteiger partial charge >= 0.3 is 0 Å². The van der Waals surface area contributed by atoms with Crippen LogP contribution >= 0.6 is 0 Å². The third kappa shape index (κ3) is 3.85. The number of para-hydroxylation sites is 2. The molecule has 0 radical (unpaired) electrons. The molecule has 1 N–H and O–H groups in total. The minimum atomic E-state index is 0.0507. The average Bonchev–Trinajstić information content (AvgIpc) is 3.73. The molecule has 2 aliphatic rings. The normalized spacial score (nSPS) is 16.9. The van der Waals surface area contributed by atoms with Crippen LogP contribution in [0, 0.1) is 0 Å². The molecule has 2 aromatic heterocycles. The SMILES string of the molecule is CC1(C)C2=CC(c3ccc4[nH]c5ccc(-c6ccc7c(c6)c6ccccc6n7-c6ccccc6)cc5c4c3)=CCC2c2ccccc21. The first kappa shape index (κ1) is 26.6. The molecule has 2 heteroatoms. The summed E-state index contributed by atoms with van der Waals surface area (Å²) < 4.78 is 2.38. The van der Waals surface area contributed by atoms with E-state index in [2.05, 4.69) is 169 Å². The van der Waals surface area contributed by atoms with Gasteiger partial charge in [0.25, 0.3) is 0 Å². The Morgan fingerprint density at radius 2 is 1.23 bits per heavy atom. The minimum absolute atomic E-state index is 0.0507. The van der Waals surface area contributed by atoms with Crippen LogP contribution in [0.5, 0.6) is 0 Å². The van der Waals surface area contributed by atoms with E-state index in [4.69, 9.17) is 0 Å². The Kier molecular flexibility index (Phi) is 5.49. The second-order valence-corrected chi connectivity index (χ2v) is 13.8. The highest BCUT2D eigenvalue weighted by Gasteiger charge is 2.41. The van der Waals surface area contributed by atoms with Gasteiger partial charge in [-0.3, -0.25) is 0 Å². The van der Waals surface area contributed by atoms with Gasteiger partial charge in [-0.15, -0.1) is 0 Å². The fraction of sp³-hybridized carbons (Fsp3) is 0.111. The van der Waals surface area contributed by atoms with Crippen molar-refractivity contribution in [2.75, 3.05) is 0 Å². The predicted molar refractivity (Wildman–Crippen MR) is 198 cm³/mol. The molecule has 0 bridgehead atoms. The highest BCUT2D eigenvalue weighted by Crippen LogP contribution is 2.54. The molecule has 2 heterocycles. The Morgan fingerprint density at radius 3 is 2.06 bits per heavy atom. The van der Waals surface area contributed by atoms with Crippen molar-refractivity contribution in [3.05, 3.63) is 168 Å². The lowest BCUT2D eigenvalue weighted by molar-refractivity contribution is 0.613. The van der Waals surface area contributed by atoms with Gasteiger partial charge in [0.05, 0.1) is 11.0 Å². The van der Waals surface area contributed by atoms with Crippen LogP contribution in [-0.2, 0) is 5.41 Å². The number of fused-ring (bicyclic) bond motifs is 9. The Bertz CT molecular complexity index is 2620. The topological polar surface area (TPSA) is 20.7 Å². The number of nitrogens with zero attached hydrogens (tertiary/aromatic N) is 1. The molecule has 0 saturated carbocycles. The summed E-state index contributed by atoms with van der Waals surface area (Å²) in [5.41, 5.74) is 15.7. The van der Waals surface area contributed by atoms with E-state index in [1.165, 1.54) is 82.7 Å². The minimum Gasteiger partial charge on any atom is -0.355 e. The molecule has 2 nitrogen and oxygen atoms in total. The molecular formula is C45H34N2. The zero-order valence-electron chi connectivity index (χ0n) is 26.6. The van der Waals surface area contributed by atoms with E-state index in [1.807, 2.05) is 0 Å². The fourth-order valence-corrected chi connectivity index (χ4v) is 8.60. The van der Waals surface area contributed by atoms with Crippen molar-refractivity contribution in [2.24, 2.45) is 0 Å². The molecule has 0 amide bonds. The van der Waals surface area contributed by atoms with Gasteiger partial charge < -0.3 is 9.55 Å². The van der Waals surface area contributed by atoms with E-state index >= 15 is 0 Å². The number of allylic oxidation sites excluding steroid dienone is 4. The third-order valence-electron chi connectivity index (χ3n) is 10.9. The van der Waals surface area contributed by atoms with Crippen LogP contribution in [-0.4, -0.2) is 9.55 Å². The van der Waals surface area contributed by atoms with Gasteiger partial charge in [-0.25, -0.2) is 0 Å². The van der Waals surface area contributed by atoms with Gasteiger partial charge in [0.2, 0.25) is 0 Å². The first-order valence-electron chi connectivity index (χ1n) is 16.7. The number of H-pyrrole nitrogens is 1. The molecule has 0 fully saturated rings. The first-order chi connectivity index (χ1) is 23.0. The molecule has 0 saturated heterocycles. The molecule has 224 valence electrons. The third-order valence-corrected chi connectivity index (χ3v) is 10.9. The maximum atomic E-state index is 3.69. The lowest BCUT2D eigenvalue weighted by Gasteiger charge is -2.27. The van der Waals surface area contributed by atoms with Gasteiger partial charge in [0.1, 0.15) is 0 Å². The summed E-state index contributed by atoms with van der Waals surface area (Å²) in [7, 11) is 0. The maximum Gasteiger partial charge on any atom is 0.0541 e. The van der Waals surface area contributed by atoms with Gasteiger partial charge in [-0.2, -0.15) is 0 Å². The Hall–Kier alpha value is -5.60. The number of hydrogen-bond acceptors (Lipinski definition) is 0. The highest BCUT2D eigenvalue weighted by atomic mass is 15.0. The Balaban J connectivity index is 1.08. The zero-order chi connectivity index (χ0) is 31.3. The van der Waals surface area contributed by atoms with Gasteiger partial charge in [-0.1, -0.05) is 110 Å². The standard InChI is InChI=1S/C45H34N2/c1-45(2)39-14-8-6-12-33(39)34-20-16-31(27-40(34)45)29-18-22-42-37(25-29)36-24-28(17-21-41(36)46-42)30-19-23-44-38(26-30)35-13-7-9-15-43(35)47(44)32-10-4-3-5-11-32/h3-19,21-27,34,46H,20H2,1-2H3. The monoisotopic (exact) mass is 602 g/mol. The van der Waals surface area contributed by atoms with E-state index < -0.39 is 0 Å². The van der Waals surface area contributed by atoms with E-state index in [0.717, 1.165) is 6.42 Å². The highest BCUT2D eigenvalue weighted by molar-refractivity contribution is 6.12. The number of benzene rings is 6. The van der Waals surface area contributed by atoms with Crippen LogP contribution < -0.4 is 0 Å². The van der Waals surface area contributed by atoms with Crippen molar-refractivity contribution < 1.29 is 0 Å². The van der Waals surface area contributed by atoms with Crippen LogP contribution in [0.1, 0.15) is 42.9 Å². The summed E-state index contributed by atoms with van der Waals surface area (Å²) in [4.78, 5) is 3.69. The van der Waals surface area contributed by atoms with E-state index in [0.29, 0.717) is 5.92 Å². The Morgan fingerprint density at radius 1 is 0.596 bits per heavy atom. The quantitative estimate of drug-likeness (QED) is 0.208. The molecule has 0 aliphatic heterocycles. The van der Waals surface area contributed by atoms with Crippen LogP contribution in [0.3, 0.4) is 0 Å². The molecule has 1 unspecified atom stereocenters. The van der Waals surface area contributed by atoms with Gasteiger partial charge in [0.15, 0.2) is 0 Å². The lowest BCUT2D eigenvalue weighted by Crippen LogP contribution is -2.17. The lowest BCUT2D eigenvalue weighted by atomic mass is 9.77. The van der Waals surface area contributed by atoms with Crippen LogP contribution in [0.25, 0.3) is 66.0 Å². The zero-order valence-corrected chi connectivity index (χ0v) is 26.6. The maximum absolute atomic E-state index is 3.69. The van der Waals surface area contributed by atoms with Crippen molar-refractivity contribution in [1.82, 2.24) is 9.55 Å². The largest absolute Gasteiger partial charge is 0.355 e. The van der Waals surface area contributed by atoms with E-state index in [-0.39, 0.29) is 5.41 Å². The number of rotatable bonds is 3. The summed E-state index contributed by atoms with van der Waals surface area (Å²) in [6.07, 6.45) is 5.99. The number of hydrogen-bond donors (Lipinski definition) is 1. The summed E-state index contributed by atoms with van der Waals surface area (Å²) in [5.74, 6) is 0.489. The van der Waals surface area contributed by atoms with Crippen molar-refractivity contribution >= 4 is 49.2 Å². The van der Waals surface area contributed by atoms with Crippen molar-refractivity contribution in [3.63, 3.8) is 0 Å². The summed E-state index contributed by atoms with van der Waals surface area (Å²) in [6.45, 7) is 4.78. The van der Waals surface area contributed by atoms with Crippen LogP contribution in [0.15, 0.2) is 151 Å². The fourth-order valence-electron chi connectivity index (χ4n) is 8.60. The van der Waals surface area contributed by atoms with Gasteiger partial charge in [-0.05, 0) is 94.4 Å². The molecular weight excluding hydrogens is 569 g/mol. The van der Waals surface area contributed by atoms with Crippen LogP contribution in [0.2, 0.25) is 0 Å². The van der Waals surface area contributed by atoms with Gasteiger partial charge in [0, 0.05) is 49.6 Å². The number of aromatic amines is 1. The molecule has 6 aromatic carbocycles. The second-order valence-electron chi connectivity index (χ2n) is 13.8. The molecule has 0 spiro atoms. The number of nitrogens with one attached hydrogen (secondary N) is 1. The number of aromatic nitrogens is 2. The van der Waals surface area contributed by atoms with E-state index in [1.54, 1.807) is 5.57 Å².